The molecule has 0 bridgehead atoms. The van der Waals surface area contributed by atoms with Gasteiger partial charge in [-0.1, -0.05) is 6.07 Å². The van der Waals surface area contributed by atoms with E-state index in [1.807, 2.05) is 30.0 Å². The quantitative estimate of drug-likeness (QED) is 0.312. The second-order valence-electron chi connectivity index (χ2n) is 10.1. The lowest BCUT2D eigenvalue weighted by Crippen LogP contribution is -2.30. The largest absolute Gasteiger partial charge is 0.488 e. The standard InChI is InChI=1S/C29H34FN3O4S/c1-18-27-23(32-22-13-8-19(30)17-24(22)37-21-11-9-20(34)10-12-21)5-2-6-25(27)38-28(18)29(36)31-14-4-16-33-15-3-7-26(33)35/h2,5-6,8,13,17,20-21,32,34H,3-4,7,9-12,14-16H2,1H3,(H,31,36). The summed E-state index contributed by atoms with van der Waals surface area (Å²) in [7, 11) is 0. The highest BCUT2D eigenvalue weighted by atomic mass is 32.1. The zero-order valence-corrected chi connectivity index (χ0v) is 22.4. The first kappa shape index (κ1) is 26.4. The molecule has 38 heavy (non-hydrogen) atoms. The van der Waals surface area contributed by atoms with Crippen LogP contribution in [0.1, 0.15) is 60.2 Å². The van der Waals surface area contributed by atoms with Gasteiger partial charge in [-0.3, -0.25) is 9.59 Å². The highest BCUT2D eigenvalue weighted by Crippen LogP contribution is 2.39. The normalized spacial score (nSPS) is 19.7. The third-order valence-corrected chi connectivity index (χ3v) is 8.63. The number of benzene rings is 2. The molecular weight excluding hydrogens is 505 g/mol. The van der Waals surface area contributed by atoms with Gasteiger partial charge < -0.3 is 25.4 Å². The summed E-state index contributed by atoms with van der Waals surface area (Å²) < 4.78 is 21.3. The summed E-state index contributed by atoms with van der Waals surface area (Å²) in [5.74, 6) is 0.141. The van der Waals surface area contributed by atoms with E-state index in [9.17, 15) is 19.1 Å². The first-order chi connectivity index (χ1) is 18.4. The Morgan fingerprint density at radius 2 is 2.00 bits per heavy atom. The maximum atomic E-state index is 14.1. The Hall–Kier alpha value is -3.17. The third-order valence-electron chi connectivity index (χ3n) is 7.37. The molecule has 0 atom stereocenters. The molecule has 1 saturated heterocycles. The van der Waals surface area contributed by atoms with Crippen molar-refractivity contribution in [1.82, 2.24) is 10.2 Å². The molecule has 0 spiro atoms. The number of halogens is 1. The number of thiophene rings is 1. The first-order valence-electron chi connectivity index (χ1n) is 13.4. The van der Waals surface area contributed by atoms with Crippen molar-refractivity contribution in [2.45, 2.75) is 64.1 Å². The maximum absolute atomic E-state index is 14.1. The highest BCUT2D eigenvalue weighted by molar-refractivity contribution is 7.21. The van der Waals surface area contributed by atoms with Gasteiger partial charge in [-0.05, 0) is 75.3 Å². The van der Waals surface area contributed by atoms with E-state index in [1.165, 1.54) is 23.5 Å². The van der Waals surface area contributed by atoms with Crippen LogP contribution in [-0.2, 0) is 4.79 Å². The maximum Gasteiger partial charge on any atom is 0.261 e. The third kappa shape index (κ3) is 5.94. The average molecular weight is 540 g/mol. The van der Waals surface area contributed by atoms with Crippen molar-refractivity contribution in [2.24, 2.45) is 0 Å². The minimum absolute atomic E-state index is 0.0710. The van der Waals surface area contributed by atoms with E-state index < -0.39 is 0 Å². The van der Waals surface area contributed by atoms with E-state index in [4.69, 9.17) is 4.74 Å². The number of aliphatic hydroxyl groups excluding tert-OH is 1. The van der Waals surface area contributed by atoms with Crippen molar-refractivity contribution in [1.29, 1.82) is 0 Å². The summed E-state index contributed by atoms with van der Waals surface area (Å²) in [6.45, 7) is 3.93. The molecule has 2 heterocycles. The van der Waals surface area contributed by atoms with E-state index in [0.29, 0.717) is 48.7 Å². The molecule has 1 aliphatic heterocycles. The predicted molar refractivity (Wildman–Crippen MR) is 148 cm³/mol. The molecule has 2 aromatic carbocycles. The number of carbonyl (C=O) groups is 2. The number of nitrogens with zero attached hydrogens (tertiary/aromatic N) is 1. The van der Waals surface area contributed by atoms with Gasteiger partial charge in [-0.15, -0.1) is 11.3 Å². The van der Waals surface area contributed by atoms with Crippen LogP contribution >= 0.6 is 11.3 Å². The summed E-state index contributed by atoms with van der Waals surface area (Å²) in [6, 6.07) is 10.3. The van der Waals surface area contributed by atoms with Crippen LogP contribution in [0, 0.1) is 12.7 Å². The van der Waals surface area contributed by atoms with Crippen LogP contribution < -0.4 is 15.4 Å². The van der Waals surface area contributed by atoms with Gasteiger partial charge in [0.2, 0.25) is 5.91 Å². The van der Waals surface area contributed by atoms with Crippen LogP contribution in [0.4, 0.5) is 15.8 Å². The molecule has 1 aliphatic carbocycles. The number of carbonyl (C=O) groups excluding carboxylic acids is 2. The van der Waals surface area contributed by atoms with Crippen molar-refractivity contribution < 1.29 is 23.8 Å². The SMILES string of the molecule is Cc1c(C(=O)NCCCN2CCCC2=O)sc2cccc(Nc3ccc(F)cc3OC3CCC(O)CC3)c12. The van der Waals surface area contributed by atoms with E-state index in [-0.39, 0.29) is 29.8 Å². The molecule has 2 amide bonds. The monoisotopic (exact) mass is 539 g/mol. The van der Waals surface area contributed by atoms with Crippen LogP contribution in [0.15, 0.2) is 36.4 Å². The summed E-state index contributed by atoms with van der Waals surface area (Å²) in [5.41, 5.74) is 2.35. The fourth-order valence-corrected chi connectivity index (χ4v) is 6.45. The summed E-state index contributed by atoms with van der Waals surface area (Å²) >= 11 is 1.44. The molecule has 2 fully saturated rings. The number of amides is 2. The lowest BCUT2D eigenvalue weighted by molar-refractivity contribution is -0.127. The Kier molecular flexibility index (Phi) is 8.14. The van der Waals surface area contributed by atoms with Crippen LogP contribution in [-0.4, -0.2) is 53.7 Å². The summed E-state index contributed by atoms with van der Waals surface area (Å²) in [5, 5.41) is 17.2. The molecule has 5 rings (SSSR count). The number of hydrogen-bond donors (Lipinski definition) is 3. The lowest BCUT2D eigenvalue weighted by Gasteiger charge is -2.27. The molecule has 7 nitrogen and oxygen atoms in total. The lowest BCUT2D eigenvalue weighted by atomic mass is 9.95. The minimum atomic E-state index is -0.376. The van der Waals surface area contributed by atoms with Crippen molar-refractivity contribution in [3.05, 3.63) is 52.7 Å². The van der Waals surface area contributed by atoms with Crippen molar-refractivity contribution >= 4 is 44.6 Å². The van der Waals surface area contributed by atoms with Crippen LogP contribution in [0.25, 0.3) is 10.1 Å². The van der Waals surface area contributed by atoms with Crippen molar-refractivity contribution in [3.63, 3.8) is 0 Å². The van der Waals surface area contributed by atoms with E-state index in [1.54, 1.807) is 6.07 Å². The topological polar surface area (TPSA) is 90.9 Å². The second kappa shape index (κ2) is 11.7. The molecule has 9 heteroatoms. The van der Waals surface area contributed by atoms with Crippen LogP contribution in [0.2, 0.25) is 0 Å². The Bertz CT molecular complexity index is 1320. The van der Waals surface area contributed by atoms with Gasteiger partial charge in [0.1, 0.15) is 11.6 Å². The Labute approximate surface area is 226 Å². The molecule has 202 valence electrons. The molecule has 3 N–H and O–H groups in total. The number of aryl methyl sites for hydroxylation is 1. The number of likely N-dealkylation sites (tertiary alicyclic amines) is 1. The van der Waals surface area contributed by atoms with Gasteiger partial charge in [0, 0.05) is 47.9 Å². The fourth-order valence-electron chi connectivity index (χ4n) is 5.30. The number of rotatable bonds is 9. The molecule has 0 unspecified atom stereocenters. The van der Waals surface area contributed by atoms with Gasteiger partial charge in [0.25, 0.3) is 5.91 Å². The molecule has 3 aromatic rings. The van der Waals surface area contributed by atoms with Crippen molar-refractivity contribution in [3.8, 4) is 5.75 Å². The van der Waals surface area contributed by atoms with Gasteiger partial charge in [0.15, 0.2) is 0 Å². The number of fused-ring (bicyclic) bond motifs is 1. The Balaban J connectivity index is 1.30. The highest BCUT2D eigenvalue weighted by Gasteiger charge is 2.23. The van der Waals surface area contributed by atoms with Gasteiger partial charge in [0.05, 0.1) is 22.8 Å². The molecular formula is C29H34FN3O4S. The Morgan fingerprint density at radius 1 is 1.18 bits per heavy atom. The molecule has 1 aromatic heterocycles. The molecule has 0 radical (unpaired) electrons. The number of hydrogen-bond acceptors (Lipinski definition) is 6. The van der Waals surface area contributed by atoms with Gasteiger partial charge in [-0.25, -0.2) is 4.39 Å². The number of nitrogens with one attached hydrogen (secondary N) is 2. The molecule has 2 aliphatic rings. The van der Waals surface area contributed by atoms with E-state index in [2.05, 4.69) is 10.6 Å². The summed E-state index contributed by atoms with van der Waals surface area (Å²) in [4.78, 5) is 27.3. The zero-order valence-electron chi connectivity index (χ0n) is 21.6. The van der Waals surface area contributed by atoms with Gasteiger partial charge >= 0.3 is 0 Å². The fraction of sp³-hybridized carbons (Fsp3) is 0.448. The number of ether oxygens (including phenoxy) is 1. The summed E-state index contributed by atoms with van der Waals surface area (Å²) in [6.07, 6.45) is 4.71. The smallest absolute Gasteiger partial charge is 0.261 e. The second-order valence-corrected chi connectivity index (χ2v) is 11.2. The first-order valence-corrected chi connectivity index (χ1v) is 14.2. The average Bonchev–Trinajstić information content (AvgIpc) is 3.47. The number of anilines is 2. The predicted octanol–water partition coefficient (Wildman–Crippen LogP) is 5.52. The van der Waals surface area contributed by atoms with E-state index in [0.717, 1.165) is 53.6 Å². The number of aliphatic hydroxyl groups is 1. The van der Waals surface area contributed by atoms with Crippen molar-refractivity contribution in [2.75, 3.05) is 25.0 Å². The van der Waals surface area contributed by atoms with Gasteiger partial charge in [-0.2, -0.15) is 0 Å². The Morgan fingerprint density at radius 3 is 2.76 bits per heavy atom. The minimum Gasteiger partial charge on any atom is -0.488 e. The van der Waals surface area contributed by atoms with Crippen LogP contribution in [0.5, 0.6) is 5.75 Å². The van der Waals surface area contributed by atoms with Crippen LogP contribution in [0.3, 0.4) is 0 Å². The zero-order chi connectivity index (χ0) is 26.6. The molecule has 1 saturated carbocycles. The van der Waals surface area contributed by atoms with E-state index >= 15 is 0 Å².